The molecular formula is C17H14ClF3N2O2. The number of aromatic nitrogens is 1. The monoisotopic (exact) mass is 370 g/mol. The minimum Gasteiger partial charge on any atom is -0.487 e. The molecule has 132 valence electrons. The zero-order valence-corrected chi connectivity index (χ0v) is 13.8. The highest BCUT2D eigenvalue weighted by molar-refractivity contribution is 6.31. The van der Waals surface area contributed by atoms with Crippen molar-refractivity contribution < 1.29 is 22.7 Å². The predicted octanol–water partition coefficient (Wildman–Crippen LogP) is 3.84. The van der Waals surface area contributed by atoms with E-state index in [9.17, 15) is 18.0 Å². The Morgan fingerprint density at radius 2 is 2.04 bits per heavy atom. The Bertz CT molecular complexity index is 803. The maximum absolute atomic E-state index is 13.8. The molecule has 2 heterocycles. The minimum atomic E-state index is -1.65. The fraction of sp³-hybridized carbons (Fsp3) is 0.294. The zero-order valence-electron chi connectivity index (χ0n) is 13.0. The maximum atomic E-state index is 13.8. The molecule has 0 N–H and O–H groups in total. The number of halogens is 4. The van der Waals surface area contributed by atoms with Crippen molar-refractivity contribution in [1.29, 1.82) is 0 Å². The van der Waals surface area contributed by atoms with Gasteiger partial charge in [0, 0.05) is 25.0 Å². The predicted molar refractivity (Wildman–Crippen MR) is 85.1 cm³/mol. The molecule has 8 heteroatoms. The number of ether oxygens (including phenoxy) is 1. The Morgan fingerprint density at radius 1 is 1.24 bits per heavy atom. The summed E-state index contributed by atoms with van der Waals surface area (Å²) in [7, 11) is 0. The van der Waals surface area contributed by atoms with Crippen molar-refractivity contribution in [3.05, 3.63) is 58.6 Å². The lowest BCUT2D eigenvalue weighted by atomic mass is 10.1. The number of carbonyl (C=O) groups excluding carboxylic acids is 1. The molecular weight excluding hydrogens is 357 g/mol. The van der Waals surface area contributed by atoms with Crippen LogP contribution in [0.4, 0.5) is 13.2 Å². The van der Waals surface area contributed by atoms with Gasteiger partial charge < -0.3 is 9.64 Å². The fourth-order valence-corrected chi connectivity index (χ4v) is 2.88. The quantitative estimate of drug-likeness (QED) is 0.771. The number of nitrogens with zero attached hydrogens (tertiary/aromatic N) is 2. The molecule has 4 nitrogen and oxygen atoms in total. The largest absolute Gasteiger partial charge is 0.487 e. The number of carbonyl (C=O) groups is 1. The van der Waals surface area contributed by atoms with Crippen LogP contribution in [-0.2, 0) is 0 Å². The molecule has 1 aromatic heterocycles. The Hall–Kier alpha value is -2.28. The van der Waals surface area contributed by atoms with E-state index in [4.69, 9.17) is 16.3 Å². The average molecular weight is 371 g/mol. The van der Waals surface area contributed by atoms with Gasteiger partial charge in [0.25, 0.3) is 5.91 Å². The molecule has 0 bridgehead atoms. The van der Waals surface area contributed by atoms with Crippen LogP contribution in [0.2, 0.25) is 5.02 Å². The van der Waals surface area contributed by atoms with Gasteiger partial charge in [0.2, 0.25) is 0 Å². The van der Waals surface area contributed by atoms with Gasteiger partial charge in [-0.1, -0.05) is 11.6 Å². The molecule has 0 spiro atoms. The molecule has 1 fully saturated rings. The summed E-state index contributed by atoms with van der Waals surface area (Å²) < 4.78 is 46.0. The van der Waals surface area contributed by atoms with Crippen molar-refractivity contribution in [2.75, 3.05) is 13.1 Å². The lowest BCUT2D eigenvalue weighted by Crippen LogP contribution is -2.44. The summed E-state index contributed by atoms with van der Waals surface area (Å²) in [5.74, 6) is -4.73. The highest BCUT2D eigenvalue weighted by Crippen LogP contribution is 2.26. The number of hydrogen-bond acceptors (Lipinski definition) is 3. The number of benzene rings is 1. The van der Waals surface area contributed by atoms with Gasteiger partial charge in [-0.3, -0.25) is 9.78 Å². The van der Waals surface area contributed by atoms with Crippen LogP contribution in [-0.4, -0.2) is 35.0 Å². The van der Waals surface area contributed by atoms with Crippen molar-refractivity contribution in [2.45, 2.75) is 18.9 Å². The first-order valence-corrected chi connectivity index (χ1v) is 8.04. The molecule has 1 amide bonds. The standard InChI is InChI=1S/C17H14ClF3N2O2/c18-12-8-22-6-5-14(12)25-10-2-1-7-23(9-10)17(24)11-3-4-13(19)16(21)15(11)20/h3-6,8,10H,1-2,7,9H2/t10-/m1/s1. The molecule has 1 aromatic carbocycles. The molecule has 1 saturated heterocycles. The molecule has 0 aliphatic carbocycles. The van der Waals surface area contributed by atoms with E-state index in [1.807, 2.05) is 0 Å². The normalized spacial score (nSPS) is 17.4. The lowest BCUT2D eigenvalue weighted by molar-refractivity contribution is 0.0532. The van der Waals surface area contributed by atoms with E-state index in [1.165, 1.54) is 17.3 Å². The number of amides is 1. The third kappa shape index (κ3) is 3.71. The number of piperidine rings is 1. The summed E-state index contributed by atoms with van der Waals surface area (Å²) >= 11 is 6.00. The molecule has 3 rings (SSSR count). The average Bonchev–Trinajstić information content (AvgIpc) is 2.62. The van der Waals surface area contributed by atoms with Gasteiger partial charge in [-0.15, -0.1) is 0 Å². The SMILES string of the molecule is O=C(c1ccc(F)c(F)c1F)N1CCC[C@@H](Oc2ccncc2Cl)C1. The van der Waals surface area contributed by atoms with Crippen LogP contribution >= 0.6 is 11.6 Å². The van der Waals surface area contributed by atoms with E-state index in [0.29, 0.717) is 30.2 Å². The highest BCUT2D eigenvalue weighted by Gasteiger charge is 2.29. The van der Waals surface area contributed by atoms with Crippen molar-refractivity contribution >= 4 is 17.5 Å². The molecule has 2 aromatic rings. The summed E-state index contributed by atoms with van der Waals surface area (Å²) in [4.78, 5) is 17.7. The van der Waals surface area contributed by atoms with Gasteiger partial charge in [-0.25, -0.2) is 13.2 Å². The van der Waals surface area contributed by atoms with E-state index in [-0.39, 0.29) is 12.6 Å². The van der Waals surface area contributed by atoms with Crippen molar-refractivity contribution in [1.82, 2.24) is 9.88 Å². The second-order valence-corrected chi connectivity index (χ2v) is 6.07. The van der Waals surface area contributed by atoms with Gasteiger partial charge in [0.1, 0.15) is 16.9 Å². The maximum Gasteiger partial charge on any atom is 0.257 e. The number of likely N-dealkylation sites (tertiary alicyclic amines) is 1. The van der Waals surface area contributed by atoms with Gasteiger partial charge in [-0.2, -0.15) is 0 Å². The summed E-state index contributed by atoms with van der Waals surface area (Å²) in [6.07, 6.45) is 3.95. The zero-order chi connectivity index (χ0) is 18.0. The second-order valence-electron chi connectivity index (χ2n) is 5.66. The Balaban J connectivity index is 1.74. The van der Waals surface area contributed by atoms with Crippen molar-refractivity contribution in [3.63, 3.8) is 0 Å². The van der Waals surface area contributed by atoms with Crippen LogP contribution in [0.1, 0.15) is 23.2 Å². The van der Waals surface area contributed by atoms with Crippen LogP contribution in [0.15, 0.2) is 30.6 Å². The van der Waals surface area contributed by atoms with Gasteiger partial charge in [0.05, 0.1) is 12.1 Å². The van der Waals surface area contributed by atoms with E-state index in [1.54, 1.807) is 6.07 Å². The first-order chi connectivity index (χ1) is 12.0. The van der Waals surface area contributed by atoms with Crippen LogP contribution in [0.5, 0.6) is 5.75 Å². The lowest BCUT2D eigenvalue weighted by Gasteiger charge is -2.33. The Labute approximate surface area is 147 Å². The van der Waals surface area contributed by atoms with E-state index < -0.39 is 28.9 Å². The molecule has 0 unspecified atom stereocenters. The number of pyridine rings is 1. The van der Waals surface area contributed by atoms with Crippen molar-refractivity contribution in [3.8, 4) is 5.75 Å². The first kappa shape index (κ1) is 17.5. The summed E-state index contributed by atoms with van der Waals surface area (Å²) in [5, 5.41) is 0.345. The van der Waals surface area contributed by atoms with Gasteiger partial charge >= 0.3 is 0 Å². The van der Waals surface area contributed by atoms with Crippen LogP contribution < -0.4 is 4.74 Å². The molecule has 1 atom stereocenters. The molecule has 0 radical (unpaired) electrons. The molecule has 1 aliphatic rings. The van der Waals surface area contributed by atoms with Gasteiger partial charge in [0.15, 0.2) is 17.5 Å². The minimum absolute atomic E-state index is 0.190. The van der Waals surface area contributed by atoms with Crippen LogP contribution in [0.3, 0.4) is 0 Å². The molecule has 0 saturated carbocycles. The Morgan fingerprint density at radius 3 is 2.80 bits per heavy atom. The smallest absolute Gasteiger partial charge is 0.257 e. The van der Waals surface area contributed by atoms with Crippen LogP contribution in [0, 0.1) is 17.5 Å². The van der Waals surface area contributed by atoms with E-state index >= 15 is 0 Å². The highest BCUT2D eigenvalue weighted by atomic mass is 35.5. The first-order valence-electron chi connectivity index (χ1n) is 7.66. The Kier molecular flexibility index (Phi) is 5.13. The number of rotatable bonds is 3. The van der Waals surface area contributed by atoms with Crippen LogP contribution in [0.25, 0.3) is 0 Å². The van der Waals surface area contributed by atoms with E-state index in [0.717, 1.165) is 12.1 Å². The summed E-state index contributed by atoms with van der Waals surface area (Å²) in [6.45, 7) is 0.567. The summed E-state index contributed by atoms with van der Waals surface area (Å²) in [5.41, 5.74) is -0.499. The number of hydrogen-bond donors (Lipinski definition) is 0. The molecule has 1 aliphatic heterocycles. The second kappa shape index (κ2) is 7.31. The fourth-order valence-electron chi connectivity index (χ4n) is 2.72. The van der Waals surface area contributed by atoms with Gasteiger partial charge in [-0.05, 0) is 25.0 Å². The van der Waals surface area contributed by atoms with E-state index in [2.05, 4.69) is 4.98 Å². The summed E-state index contributed by atoms with van der Waals surface area (Å²) in [6, 6.07) is 3.29. The topological polar surface area (TPSA) is 42.4 Å². The third-order valence-corrected chi connectivity index (χ3v) is 4.24. The van der Waals surface area contributed by atoms with Crippen molar-refractivity contribution in [2.24, 2.45) is 0 Å². The third-order valence-electron chi connectivity index (χ3n) is 3.96. The molecule has 25 heavy (non-hydrogen) atoms.